The van der Waals surface area contributed by atoms with E-state index in [0.717, 1.165) is 34.7 Å². The molecular weight excluding hydrogens is 356 g/mol. The monoisotopic (exact) mass is 384 g/mol. The van der Waals surface area contributed by atoms with Gasteiger partial charge < -0.3 is 15.4 Å². The molecule has 0 radical (unpaired) electrons. The molecule has 2 atom stereocenters. The Kier molecular flexibility index (Phi) is 4.66. The van der Waals surface area contributed by atoms with Crippen molar-refractivity contribution in [2.24, 2.45) is 11.3 Å². The van der Waals surface area contributed by atoms with Crippen LogP contribution >= 0.6 is 11.3 Å². The van der Waals surface area contributed by atoms with E-state index in [1.807, 2.05) is 24.3 Å². The average Bonchev–Trinajstić information content (AvgIpc) is 3.05. The summed E-state index contributed by atoms with van der Waals surface area (Å²) < 4.78 is 5.48. The molecule has 144 valence electrons. The Morgan fingerprint density at radius 1 is 1.26 bits per heavy atom. The molecule has 0 unspecified atom stereocenters. The van der Waals surface area contributed by atoms with E-state index >= 15 is 0 Å². The molecule has 0 bridgehead atoms. The largest absolute Gasteiger partial charge is 0.496 e. The number of anilines is 1. The van der Waals surface area contributed by atoms with E-state index in [2.05, 4.69) is 31.4 Å². The predicted octanol–water partition coefficient (Wildman–Crippen LogP) is 5.15. The molecule has 1 aliphatic carbocycles. The number of carbonyl (C=O) groups excluding carboxylic acids is 1. The molecule has 27 heavy (non-hydrogen) atoms. The van der Waals surface area contributed by atoms with Gasteiger partial charge in [-0.15, -0.1) is 11.3 Å². The van der Waals surface area contributed by atoms with Crippen LogP contribution in [-0.4, -0.2) is 13.0 Å². The fourth-order valence-electron chi connectivity index (χ4n) is 4.31. The van der Waals surface area contributed by atoms with E-state index in [0.29, 0.717) is 11.3 Å². The van der Waals surface area contributed by atoms with Gasteiger partial charge in [0.25, 0.3) is 5.91 Å². The van der Waals surface area contributed by atoms with Crippen LogP contribution < -0.4 is 15.4 Å². The molecule has 2 N–H and O–H groups in total. The Hall–Kier alpha value is -2.01. The highest BCUT2D eigenvalue weighted by Crippen LogP contribution is 2.47. The highest BCUT2D eigenvalue weighted by Gasteiger charge is 2.37. The van der Waals surface area contributed by atoms with Crippen molar-refractivity contribution in [1.82, 2.24) is 5.32 Å². The quantitative estimate of drug-likeness (QED) is 0.766. The van der Waals surface area contributed by atoms with Gasteiger partial charge in [0.1, 0.15) is 16.9 Å². The Morgan fingerprint density at radius 3 is 2.78 bits per heavy atom. The molecule has 4 nitrogen and oxygen atoms in total. The Bertz CT molecular complexity index is 871. The fourth-order valence-corrected chi connectivity index (χ4v) is 5.67. The maximum absolute atomic E-state index is 13.0. The molecule has 1 aliphatic heterocycles. The highest BCUT2D eigenvalue weighted by molar-refractivity contribution is 7.16. The minimum absolute atomic E-state index is 0.0327. The zero-order chi connectivity index (χ0) is 19.2. The molecule has 1 aromatic carbocycles. The van der Waals surface area contributed by atoms with Gasteiger partial charge in [-0.3, -0.25) is 4.79 Å². The summed E-state index contributed by atoms with van der Waals surface area (Å²) in [4.78, 5) is 14.3. The molecular formula is C22H28N2O2S. The second kappa shape index (κ2) is 6.86. The van der Waals surface area contributed by atoms with Gasteiger partial charge in [0.15, 0.2) is 0 Å². The van der Waals surface area contributed by atoms with Gasteiger partial charge >= 0.3 is 0 Å². The first-order valence-corrected chi connectivity index (χ1v) is 10.6. The van der Waals surface area contributed by atoms with Crippen LogP contribution in [0.3, 0.4) is 0 Å². The second-order valence-electron chi connectivity index (χ2n) is 8.28. The molecule has 1 aromatic heterocycles. The van der Waals surface area contributed by atoms with E-state index in [-0.39, 0.29) is 12.1 Å². The lowest BCUT2D eigenvalue weighted by Gasteiger charge is -2.36. The molecule has 2 aromatic rings. The summed E-state index contributed by atoms with van der Waals surface area (Å²) >= 11 is 1.77. The first kappa shape index (κ1) is 18.4. The van der Waals surface area contributed by atoms with Crippen molar-refractivity contribution in [3.8, 4) is 5.75 Å². The fraction of sp³-hybridized carbons (Fsp3) is 0.500. The molecule has 4 rings (SSSR count). The van der Waals surface area contributed by atoms with Crippen molar-refractivity contribution >= 4 is 22.2 Å². The number of carbonyl (C=O) groups is 1. The smallest absolute Gasteiger partial charge is 0.256 e. The number of thiophene rings is 1. The van der Waals surface area contributed by atoms with Crippen molar-refractivity contribution in [1.29, 1.82) is 0 Å². The summed E-state index contributed by atoms with van der Waals surface area (Å²) in [5, 5.41) is 7.69. The minimum atomic E-state index is -0.260. The van der Waals surface area contributed by atoms with Crippen molar-refractivity contribution in [3.05, 3.63) is 45.8 Å². The predicted molar refractivity (Wildman–Crippen MR) is 111 cm³/mol. The van der Waals surface area contributed by atoms with Crippen LogP contribution in [0.1, 0.15) is 66.1 Å². The van der Waals surface area contributed by atoms with Gasteiger partial charge in [-0.25, -0.2) is 0 Å². The van der Waals surface area contributed by atoms with Crippen molar-refractivity contribution in [2.45, 2.75) is 52.6 Å². The summed E-state index contributed by atoms with van der Waals surface area (Å²) in [6, 6.07) is 7.83. The molecule has 0 saturated carbocycles. The summed E-state index contributed by atoms with van der Waals surface area (Å²) in [5.74, 6) is 1.50. The van der Waals surface area contributed by atoms with Gasteiger partial charge in [-0.05, 0) is 42.2 Å². The number of rotatable bonds is 4. The molecule has 0 saturated heterocycles. The number of ether oxygens (including phenoxy) is 1. The van der Waals surface area contributed by atoms with E-state index < -0.39 is 0 Å². The third kappa shape index (κ3) is 3.12. The van der Waals surface area contributed by atoms with Crippen LogP contribution in [0.4, 0.5) is 5.00 Å². The van der Waals surface area contributed by atoms with Gasteiger partial charge in [-0.1, -0.05) is 45.4 Å². The lowest BCUT2D eigenvalue weighted by molar-refractivity contribution is 0.0934. The zero-order valence-corrected chi connectivity index (χ0v) is 17.3. The van der Waals surface area contributed by atoms with Crippen molar-refractivity contribution in [2.75, 3.05) is 12.4 Å². The summed E-state index contributed by atoms with van der Waals surface area (Å²) in [6.45, 7) is 7.03. The Morgan fingerprint density at radius 2 is 2.04 bits per heavy atom. The summed E-state index contributed by atoms with van der Waals surface area (Å²) in [7, 11) is 1.66. The molecule has 1 amide bonds. The number of methoxy groups -OCH3 is 1. The molecule has 0 fully saturated rings. The van der Waals surface area contributed by atoms with E-state index in [1.54, 1.807) is 18.4 Å². The first-order valence-electron chi connectivity index (χ1n) is 9.79. The highest BCUT2D eigenvalue weighted by atomic mass is 32.1. The summed E-state index contributed by atoms with van der Waals surface area (Å²) in [5.41, 5.74) is 3.43. The van der Waals surface area contributed by atoms with Crippen LogP contribution in [0.5, 0.6) is 5.75 Å². The van der Waals surface area contributed by atoms with Crippen LogP contribution in [0.15, 0.2) is 24.3 Å². The molecule has 2 heterocycles. The third-order valence-electron chi connectivity index (χ3n) is 6.51. The van der Waals surface area contributed by atoms with E-state index in [4.69, 9.17) is 4.74 Å². The molecule has 2 aliphatic rings. The second-order valence-corrected chi connectivity index (χ2v) is 9.39. The van der Waals surface area contributed by atoms with E-state index in [9.17, 15) is 4.79 Å². The molecule has 5 heteroatoms. The maximum Gasteiger partial charge on any atom is 0.256 e. The Labute approximate surface area is 165 Å². The first-order chi connectivity index (χ1) is 12.9. The van der Waals surface area contributed by atoms with E-state index in [1.165, 1.54) is 23.3 Å². The standard InChI is InChI=1S/C22H28N2O2S/c1-5-22(2,3)13-10-11-15-17(12-13)27-21-18(15)20(25)23-19(24-21)14-8-6-7-9-16(14)26-4/h6-9,13,19,24H,5,10-12H2,1-4H3,(H,23,25)/t13-,19-/m0/s1. The number of amides is 1. The van der Waals surface area contributed by atoms with Gasteiger partial charge in [-0.2, -0.15) is 0 Å². The zero-order valence-electron chi connectivity index (χ0n) is 16.5. The average molecular weight is 385 g/mol. The lowest BCUT2D eigenvalue weighted by atomic mass is 9.69. The SMILES string of the molecule is CCC(C)(C)[C@H]1CCc2c(sc3c2C(=O)N[C@H](c2ccccc2OC)N3)C1. The van der Waals surface area contributed by atoms with Gasteiger partial charge in [0.05, 0.1) is 12.7 Å². The van der Waals surface area contributed by atoms with Gasteiger partial charge in [0, 0.05) is 10.4 Å². The number of hydrogen-bond donors (Lipinski definition) is 2. The number of hydrogen-bond acceptors (Lipinski definition) is 4. The molecule has 0 spiro atoms. The number of nitrogens with one attached hydrogen (secondary N) is 2. The van der Waals surface area contributed by atoms with Crippen LogP contribution in [-0.2, 0) is 12.8 Å². The topological polar surface area (TPSA) is 50.4 Å². The van der Waals surface area contributed by atoms with Crippen LogP contribution in [0.25, 0.3) is 0 Å². The minimum Gasteiger partial charge on any atom is -0.496 e. The lowest BCUT2D eigenvalue weighted by Crippen LogP contribution is -2.38. The van der Waals surface area contributed by atoms with Crippen LogP contribution in [0.2, 0.25) is 0 Å². The summed E-state index contributed by atoms with van der Waals surface area (Å²) in [6.07, 6.45) is 4.18. The van der Waals surface area contributed by atoms with Crippen molar-refractivity contribution < 1.29 is 9.53 Å². The van der Waals surface area contributed by atoms with Gasteiger partial charge in [0.2, 0.25) is 0 Å². The number of benzene rings is 1. The van der Waals surface area contributed by atoms with Crippen molar-refractivity contribution in [3.63, 3.8) is 0 Å². The third-order valence-corrected chi connectivity index (χ3v) is 7.70. The number of para-hydroxylation sites is 1. The normalized spacial score (nSPS) is 21.7. The number of fused-ring (bicyclic) bond motifs is 3. The van der Waals surface area contributed by atoms with Crippen LogP contribution in [0, 0.1) is 11.3 Å². The Balaban J connectivity index is 1.65. The maximum atomic E-state index is 13.0.